The molecule has 3 rings (SSSR count). The zero-order valence-electron chi connectivity index (χ0n) is 10.6. The summed E-state index contributed by atoms with van der Waals surface area (Å²) in [6, 6.07) is 5.05. The summed E-state index contributed by atoms with van der Waals surface area (Å²) in [5.41, 5.74) is 6.91. The van der Waals surface area contributed by atoms with Gasteiger partial charge < -0.3 is 11.1 Å². The van der Waals surface area contributed by atoms with Gasteiger partial charge in [0.25, 0.3) is 0 Å². The van der Waals surface area contributed by atoms with E-state index < -0.39 is 9.84 Å². The van der Waals surface area contributed by atoms with Crippen LogP contribution in [0, 0.1) is 0 Å². The van der Waals surface area contributed by atoms with Crippen molar-refractivity contribution in [3.63, 3.8) is 0 Å². The van der Waals surface area contributed by atoms with Crippen LogP contribution in [-0.2, 0) is 9.84 Å². The molecule has 0 spiro atoms. The van der Waals surface area contributed by atoms with Crippen molar-refractivity contribution in [2.24, 2.45) is 0 Å². The van der Waals surface area contributed by atoms with Gasteiger partial charge in [0, 0.05) is 38.4 Å². The van der Waals surface area contributed by atoms with Crippen molar-refractivity contribution in [3.05, 3.63) is 28.7 Å². The molecule has 0 radical (unpaired) electrons. The smallest absolute Gasteiger partial charge is 0.204 e. The largest absolute Gasteiger partial charge is 0.399 e. The van der Waals surface area contributed by atoms with E-state index in [0.717, 1.165) is 31.7 Å². The minimum Gasteiger partial charge on any atom is -0.399 e. The van der Waals surface area contributed by atoms with Crippen LogP contribution in [0.3, 0.4) is 0 Å². The van der Waals surface area contributed by atoms with Crippen LogP contribution in [0.1, 0.15) is 5.56 Å². The first-order chi connectivity index (χ1) is 9.07. The van der Waals surface area contributed by atoms with Gasteiger partial charge in [-0.25, -0.2) is 8.42 Å². The Bertz CT molecular complexity index is 631. The first-order valence-electron chi connectivity index (χ1n) is 6.35. The highest BCUT2D eigenvalue weighted by molar-refractivity contribution is 7.95. The van der Waals surface area contributed by atoms with E-state index in [-0.39, 0.29) is 0 Å². The van der Waals surface area contributed by atoms with Gasteiger partial charge in [0.05, 0.1) is 9.80 Å². The Morgan fingerprint density at radius 2 is 2.00 bits per heavy atom. The molecule has 0 atom stereocenters. The van der Waals surface area contributed by atoms with Crippen LogP contribution in [0.5, 0.6) is 0 Å². The second-order valence-corrected chi connectivity index (χ2v) is 6.91. The number of anilines is 1. The predicted molar refractivity (Wildman–Crippen MR) is 75.3 cm³/mol. The van der Waals surface area contributed by atoms with E-state index in [2.05, 4.69) is 10.2 Å². The van der Waals surface area contributed by atoms with E-state index in [0.29, 0.717) is 22.0 Å². The maximum Gasteiger partial charge on any atom is 0.204 e. The van der Waals surface area contributed by atoms with E-state index in [9.17, 15) is 8.42 Å². The fourth-order valence-corrected chi connectivity index (χ4v) is 4.16. The fraction of sp³-hybridized carbons (Fsp3) is 0.385. The quantitative estimate of drug-likeness (QED) is 0.762. The van der Waals surface area contributed by atoms with Crippen molar-refractivity contribution in [2.75, 3.05) is 38.5 Å². The number of nitrogen functional groups attached to an aromatic ring is 1. The first kappa shape index (κ1) is 12.7. The summed E-state index contributed by atoms with van der Waals surface area (Å²) >= 11 is 0. The SMILES string of the molecule is Nc1ccc2c(c1)S(=O)(=O)C(CN1CCNCC1)=C2. The Hall–Kier alpha value is -1.37. The Kier molecular flexibility index (Phi) is 3.08. The van der Waals surface area contributed by atoms with Crippen LogP contribution in [0.4, 0.5) is 5.69 Å². The van der Waals surface area contributed by atoms with Crippen molar-refractivity contribution < 1.29 is 8.42 Å². The van der Waals surface area contributed by atoms with Gasteiger partial charge in [-0.2, -0.15) is 0 Å². The summed E-state index contributed by atoms with van der Waals surface area (Å²) in [6.07, 6.45) is 1.77. The van der Waals surface area contributed by atoms with Gasteiger partial charge in [0.2, 0.25) is 9.84 Å². The Morgan fingerprint density at radius 3 is 2.74 bits per heavy atom. The maximum atomic E-state index is 12.4. The number of nitrogens with zero attached hydrogens (tertiary/aromatic N) is 1. The third-order valence-corrected chi connectivity index (χ3v) is 5.45. The van der Waals surface area contributed by atoms with Crippen molar-refractivity contribution in [2.45, 2.75) is 4.90 Å². The van der Waals surface area contributed by atoms with Crippen molar-refractivity contribution >= 4 is 21.6 Å². The van der Waals surface area contributed by atoms with Crippen LogP contribution in [-0.4, -0.2) is 46.0 Å². The van der Waals surface area contributed by atoms with Gasteiger partial charge in [-0.1, -0.05) is 6.07 Å². The molecule has 1 aromatic carbocycles. The van der Waals surface area contributed by atoms with Crippen molar-refractivity contribution in [1.82, 2.24) is 10.2 Å². The second kappa shape index (κ2) is 4.63. The number of nitrogens with one attached hydrogen (secondary N) is 1. The molecular formula is C13H17N3O2S. The lowest BCUT2D eigenvalue weighted by molar-refractivity contribution is 0.263. The van der Waals surface area contributed by atoms with Gasteiger partial charge in [0.1, 0.15) is 0 Å². The summed E-state index contributed by atoms with van der Waals surface area (Å²) < 4.78 is 24.9. The van der Waals surface area contributed by atoms with Gasteiger partial charge in [-0.3, -0.25) is 4.90 Å². The third kappa shape index (κ3) is 2.27. The van der Waals surface area contributed by atoms with Crippen LogP contribution in [0.2, 0.25) is 0 Å². The van der Waals surface area contributed by atoms with E-state index >= 15 is 0 Å². The molecule has 19 heavy (non-hydrogen) atoms. The summed E-state index contributed by atoms with van der Waals surface area (Å²) in [6.45, 7) is 4.07. The molecule has 1 saturated heterocycles. The molecule has 102 valence electrons. The van der Waals surface area contributed by atoms with Gasteiger partial charge in [-0.05, 0) is 23.8 Å². The van der Waals surface area contributed by atoms with Crippen molar-refractivity contribution in [3.8, 4) is 0 Å². The van der Waals surface area contributed by atoms with Crippen LogP contribution in [0.15, 0.2) is 28.0 Å². The van der Waals surface area contributed by atoms with Crippen molar-refractivity contribution in [1.29, 1.82) is 0 Å². The van der Waals surface area contributed by atoms with E-state index in [1.807, 2.05) is 0 Å². The van der Waals surface area contributed by atoms with Gasteiger partial charge in [-0.15, -0.1) is 0 Å². The Morgan fingerprint density at radius 1 is 1.26 bits per heavy atom. The summed E-state index contributed by atoms with van der Waals surface area (Å²) in [5.74, 6) is 0. The molecule has 0 aromatic heterocycles. The first-order valence-corrected chi connectivity index (χ1v) is 7.84. The summed E-state index contributed by atoms with van der Waals surface area (Å²) in [4.78, 5) is 2.99. The zero-order chi connectivity index (χ0) is 13.5. The number of sulfone groups is 1. The maximum absolute atomic E-state index is 12.4. The third-order valence-electron chi connectivity index (χ3n) is 3.58. The monoisotopic (exact) mass is 279 g/mol. The highest BCUT2D eigenvalue weighted by atomic mass is 32.2. The molecule has 5 nitrogen and oxygen atoms in total. The lowest BCUT2D eigenvalue weighted by atomic mass is 10.2. The van der Waals surface area contributed by atoms with Crippen LogP contribution < -0.4 is 11.1 Å². The minimum atomic E-state index is -3.35. The molecule has 1 fully saturated rings. The molecule has 3 N–H and O–H groups in total. The minimum absolute atomic E-state index is 0.345. The number of rotatable bonds is 2. The standard InChI is InChI=1S/C13H17N3O2S/c14-11-2-1-10-7-12(19(17,18)13(10)8-11)9-16-5-3-15-4-6-16/h1-2,7-8,15H,3-6,9,14H2. The zero-order valence-corrected chi connectivity index (χ0v) is 11.4. The van der Waals surface area contributed by atoms with Crippen LogP contribution >= 0.6 is 0 Å². The number of benzene rings is 1. The lowest BCUT2D eigenvalue weighted by Crippen LogP contribution is -2.44. The molecule has 6 heteroatoms. The average Bonchev–Trinajstić information content (AvgIpc) is 2.63. The molecule has 2 heterocycles. The predicted octanol–water partition coefficient (Wildman–Crippen LogP) is 0.302. The number of fused-ring (bicyclic) bond motifs is 1. The second-order valence-electron chi connectivity index (χ2n) is 4.94. The lowest BCUT2D eigenvalue weighted by Gasteiger charge is -2.27. The van der Waals surface area contributed by atoms with Gasteiger partial charge in [0.15, 0.2) is 0 Å². The number of hydrogen-bond donors (Lipinski definition) is 2. The van der Waals surface area contributed by atoms with E-state index in [1.54, 1.807) is 24.3 Å². The number of hydrogen-bond acceptors (Lipinski definition) is 5. The van der Waals surface area contributed by atoms with E-state index in [4.69, 9.17) is 5.73 Å². The molecular weight excluding hydrogens is 262 g/mol. The van der Waals surface area contributed by atoms with E-state index in [1.165, 1.54) is 0 Å². The molecule has 0 amide bonds. The Labute approximate surface area is 113 Å². The Balaban J connectivity index is 1.88. The molecule has 0 saturated carbocycles. The highest BCUT2D eigenvalue weighted by Gasteiger charge is 2.30. The summed E-state index contributed by atoms with van der Waals surface area (Å²) in [7, 11) is -3.35. The topological polar surface area (TPSA) is 75.4 Å². The number of piperazine rings is 1. The number of nitrogens with two attached hydrogens (primary N) is 1. The molecule has 1 aromatic rings. The molecule has 2 aliphatic heterocycles. The normalized spacial score (nSPS) is 22.0. The average molecular weight is 279 g/mol. The fourth-order valence-electron chi connectivity index (χ4n) is 2.52. The molecule has 0 unspecified atom stereocenters. The highest BCUT2D eigenvalue weighted by Crippen LogP contribution is 2.34. The molecule has 2 aliphatic rings. The molecule has 0 aliphatic carbocycles. The molecule has 0 bridgehead atoms. The van der Waals surface area contributed by atoms with Gasteiger partial charge >= 0.3 is 0 Å². The summed E-state index contributed by atoms with van der Waals surface area (Å²) in [5, 5.41) is 3.26. The van der Waals surface area contributed by atoms with Crippen LogP contribution in [0.25, 0.3) is 6.08 Å².